The number of likely N-dealkylation sites (tertiary alicyclic amines) is 1. The molecule has 0 aromatic carbocycles. The fraction of sp³-hybridized carbons (Fsp3) is 0.625. The molecule has 2 aromatic heterocycles. The Kier molecular flexibility index (Phi) is 3.86. The molecule has 1 aliphatic heterocycles. The molecule has 0 bridgehead atoms. The van der Waals surface area contributed by atoms with Crippen LogP contribution in [-0.4, -0.2) is 23.1 Å². The third-order valence-electron chi connectivity index (χ3n) is 4.79. The van der Waals surface area contributed by atoms with Gasteiger partial charge in [0.05, 0.1) is 18.5 Å². The quantitative estimate of drug-likeness (QED) is 0.862. The molecule has 3 nitrogen and oxygen atoms in total. The molecule has 3 heterocycles. The molecule has 0 radical (unpaired) electrons. The maximum atomic E-state index is 6.50. The van der Waals surface area contributed by atoms with Crippen LogP contribution < -0.4 is 4.90 Å². The smallest absolute Gasteiger partial charge is 0.186 e. The highest BCUT2D eigenvalue weighted by Gasteiger charge is 2.22. The van der Waals surface area contributed by atoms with Gasteiger partial charge in [-0.3, -0.25) is 0 Å². The van der Waals surface area contributed by atoms with Gasteiger partial charge in [0.15, 0.2) is 5.82 Å². The number of hydrogen-bond donors (Lipinski definition) is 1. The van der Waals surface area contributed by atoms with Gasteiger partial charge in [-0.2, -0.15) is 0 Å². The fourth-order valence-electron chi connectivity index (χ4n) is 3.69. The van der Waals surface area contributed by atoms with E-state index < -0.39 is 0 Å². The SMILES string of the molecule is Clc1nc(C[NH+]2CCCCC2)nc2sc3c(c12)CCCC3. The number of nitrogens with one attached hydrogen (secondary N) is 1. The van der Waals surface area contributed by atoms with Crippen molar-refractivity contribution in [2.75, 3.05) is 13.1 Å². The van der Waals surface area contributed by atoms with Gasteiger partial charge >= 0.3 is 0 Å². The van der Waals surface area contributed by atoms with E-state index >= 15 is 0 Å². The average Bonchev–Trinajstić information content (AvgIpc) is 2.87. The molecule has 0 saturated carbocycles. The van der Waals surface area contributed by atoms with Gasteiger partial charge in [-0.1, -0.05) is 11.6 Å². The first-order valence-corrected chi connectivity index (χ1v) is 9.31. The first kappa shape index (κ1) is 13.9. The van der Waals surface area contributed by atoms with Crippen molar-refractivity contribution >= 4 is 33.2 Å². The number of thiophene rings is 1. The highest BCUT2D eigenvalue weighted by Crippen LogP contribution is 2.38. The third-order valence-corrected chi connectivity index (χ3v) is 6.24. The minimum Gasteiger partial charge on any atom is -0.329 e. The minimum atomic E-state index is 0.686. The van der Waals surface area contributed by atoms with Crippen molar-refractivity contribution in [3.05, 3.63) is 21.4 Å². The summed E-state index contributed by atoms with van der Waals surface area (Å²) in [7, 11) is 0. The Morgan fingerprint density at radius 2 is 1.81 bits per heavy atom. The average molecular weight is 323 g/mol. The van der Waals surface area contributed by atoms with E-state index in [1.165, 1.54) is 62.1 Å². The van der Waals surface area contributed by atoms with Crippen LogP contribution in [0.25, 0.3) is 10.2 Å². The van der Waals surface area contributed by atoms with E-state index in [1.807, 2.05) is 11.3 Å². The second-order valence-corrected chi connectivity index (χ2v) is 7.75. The Balaban J connectivity index is 1.68. The van der Waals surface area contributed by atoms with Crippen molar-refractivity contribution in [1.29, 1.82) is 0 Å². The monoisotopic (exact) mass is 322 g/mol. The van der Waals surface area contributed by atoms with Gasteiger partial charge in [-0.25, -0.2) is 9.97 Å². The van der Waals surface area contributed by atoms with Gasteiger partial charge in [0.25, 0.3) is 0 Å². The molecular formula is C16H21ClN3S+. The Bertz CT molecular complexity index is 661. The second kappa shape index (κ2) is 5.82. The summed E-state index contributed by atoms with van der Waals surface area (Å²) >= 11 is 8.35. The maximum Gasteiger partial charge on any atom is 0.186 e. The van der Waals surface area contributed by atoms with Crippen molar-refractivity contribution in [3.8, 4) is 0 Å². The second-order valence-electron chi connectivity index (χ2n) is 6.31. The Hall–Kier alpha value is -0.710. The Morgan fingerprint density at radius 3 is 2.67 bits per heavy atom. The van der Waals surface area contributed by atoms with Gasteiger partial charge in [0.1, 0.15) is 16.5 Å². The lowest BCUT2D eigenvalue weighted by Crippen LogP contribution is -3.11. The molecule has 5 heteroatoms. The lowest BCUT2D eigenvalue weighted by atomic mass is 9.97. The van der Waals surface area contributed by atoms with Gasteiger partial charge in [0.2, 0.25) is 0 Å². The van der Waals surface area contributed by atoms with Crippen molar-refractivity contribution in [1.82, 2.24) is 9.97 Å². The number of fused-ring (bicyclic) bond motifs is 3. The summed E-state index contributed by atoms with van der Waals surface area (Å²) < 4.78 is 0. The van der Waals surface area contributed by atoms with Crippen LogP contribution in [0.1, 0.15) is 48.4 Å². The predicted octanol–water partition coefficient (Wildman–Crippen LogP) is 2.79. The molecule has 0 atom stereocenters. The number of hydrogen-bond acceptors (Lipinski definition) is 3. The fourth-order valence-corrected chi connectivity index (χ4v) is 5.32. The largest absolute Gasteiger partial charge is 0.329 e. The summed E-state index contributed by atoms with van der Waals surface area (Å²) in [6.45, 7) is 3.43. The maximum absolute atomic E-state index is 6.50. The topological polar surface area (TPSA) is 30.2 Å². The van der Waals surface area contributed by atoms with Crippen LogP contribution in [0.2, 0.25) is 5.15 Å². The van der Waals surface area contributed by atoms with Crippen LogP contribution >= 0.6 is 22.9 Å². The van der Waals surface area contributed by atoms with Crippen LogP contribution in [0.3, 0.4) is 0 Å². The van der Waals surface area contributed by atoms with Gasteiger partial charge in [-0.05, 0) is 50.5 Å². The third kappa shape index (κ3) is 2.69. The molecule has 1 saturated heterocycles. The molecule has 2 aromatic rings. The van der Waals surface area contributed by atoms with Crippen LogP contribution in [0.4, 0.5) is 0 Å². The van der Waals surface area contributed by atoms with Crippen molar-refractivity contribution in [3.63, 3.8) is 0 Å². The highest BCUT2D eigenvalue weighted by molar-refractivity contribution is 7.19. The Labute approximate surface area is 134 Å². The van der Waals surface area contributed by atoms with Crippen LogP contribution in [0.5, 0.6) is 0 Å². The van der Waals surface area contributed by atoms with Gasteiger partial charge < -0.3 is 4.90 Å². The summed E-state index contributed by atoms with van der Waals surface area (Å²) in [5.41, 5.74) is 1.43. The number of aromatic nitrogens is 2. The standard InChI is InChI=1S/C16H20ClN3S/c17-15-14-11-6-2-3-7-12(11)21-16(14)19-13(18-15)10-20-8-4-1-5-9-20/h1-10H2/p+1. The molecule has 4 rings (SSSR count). The first-order chi connectivity index (χ1) is 10.3. The van der Waals surface area contributed by atoms with Crippen LogP contribution in [-0.2, 0) is 19.4 Å². The molecule has 112 valence electrons. The highest BCUT2D eigenvalue weighted by atomic mass is 35.5. The van der Waals surface area contributed by atoms with E-state index in [1.54, 1.807) is 4.90 Å². The molecule has 0 unspecified atom stereocenters. The van der Waals surface area contributed by atoms with E-state index in [-0.39, 0.29) is 0 Å². The molecule has 1 N–H and O–H groups in total. The molecule has 21 heavy (non-hydrogen) atoms. The van der Waals surface area contributed by atoms with Crippen LogP contribution in [0.15, 0.2) is 0 Å². The van der Waals surface area contributed by atoms with Crippen molar-refractivity contribution in [2.45, 2.75) is 51.5 Å². The molecule has 0 spiro atoms. The number of aryl methyl sites for hydroxylation is 2. The number of nitrogens with zero attached hydrogens (tertiary/aromatic N) is 2. The summed E-state index contributed by atoms with van der Waals surface area (Å²) in [5.74, 6) is 0.933. The normalized spacial score (nSPS) is 19.9. The summed E-state index contributed by atoms with van der Waals surface area (Å²) in [5, 5.41) is 1.83. The molecule has 0 amide bonds. The summed E-state index contributed by atoms with van der Waals surface area (Å²) in [6.07, 6.45) is 8.96. The molecular weight excluding hydrogens is 302 g/mol. The molecule has 1 aliphatic carbocycles. The van der Waals surface area contributed by atoms with E-state index in [0.29, 0.717) is 5.15 Å². The van der Waals surface area contributed by atoms with E-state index in [0.717, 1.165) is 29.0 Å². The zero-order chi connectivity index (χ0) is 14.2. The number of quaternary nitrogens is 1. The lowest BCUT2D eigenvalue weighted by Gasteiger charge is -2.22. The molecule has 1 fully saturated rings. The van der Waals surface area contributed by atoms with Gasteiger partial charge in [0, 0.05) is 4.88 Å². The van der Waals surface area contributed by atoms with Crippen LogP contribution in [0, 0.1) is 0 Å². The summed E-state index contributed by atoms with van der Waals surface area (Å²) in [6, 6.07) is 0. The number of piperidine rings is 1. The van der Waals surface area contributed by atoms with Crippen molar-refractivity contribution in [2.24, 2.45) is 0 Å². The first-order valence-electron chi connectivity index (χ1n) is 8.11. The minimum absolute atomic E-state index is 0.686. The van der Waals surface area contributed by atoms with E-state index in [2.05, 4.69) is 4.98 Å². The van der Waals surface area contributed by atoms with E-state index in [9.17, 15) is 0 Å². The zero-order valence-corrected chi connectivity index (χ0v) is 13.8. The summed E-state index contributed by atoms with van der Waals surface area (Å²) in [4.78, 5) is 13.7. The Morgan fingerprint density at radius 1 is 1.00 bits per heavy atom. The number of halogens is 1. The van der Waals surface area contributed by atoms with Crippen molar-refractivity contribution < 1.29 is 4.90 Å². The zero-order valence-electron chi connectivity index (χ0n) is 12.3. The number of rotatable bonds is 2. The predicted molar refractivity (Wildman–Crippen MR) is 87.3 cm³/mol. The van der Waals surface area contributed by atoms with E-state index in [4.69, 9.17) is 16.6 Å². The lowest BCUT2D eigenvalue weighted by molar-refractivity contribution is -0.919. The molecule has 2 aliphatic rings. The van der Waals surface area contributed by atoms with Gasteiger partial charge in [-0.15, -0.1) is 11.3 Å².